The van der Waals surface area contributed by atoms with Crippen LogP contribution in [0.3, 0.4) is 0 Å². The molecule has 0 amide bonds. The molecule has 5 aliphatic rings. The summed E-state index contributed by atoms with van der Waals surface area (Å²) in [6, 6.07) is 9.66. The summed E-state index contributed by atoms with van der Waals surface area (Å²) >= 11 is 0. The average molecular weight is 439 g/mol. The van der Waals surface area contributed by atoms with Crippen LogP contribution in [0.2, 0.25) is 0 Å². The van der Waals surface area contributed by atoms with Gasteiger partial charge in [-0.2, -0.15) is 0 Å². The number of ether oxygens (including phenoxy) is 1. The maximum atomic E-state index is 7.39. The smallest absolute Gasteiger partial charge is 0.0980 e. The minimum absolute atomic E-state index is 0.0263. The van der Waals surface area contributed by atoms with E-state index in [9.17, 15) is 0 Å². The lowest BCUT2D eigenvalue weighted by Gasteiger charge is -2.54. The molecule has 3 heterocycles. The lowest BCUT2D eigenvalue weighted by molar-refractivity contribution is -0.134. The Bertz CT molecular complexity index is 1250. The lowest BCUT2D eigenvalue weighted by Crippen LogP contribution is -2.54. The van der Waals surface area contributed by atoms with E-state index < -0.39 is 0 Å². The number of nitrogens with zero attached hydrogens (tertiary/aromatic N) is 2. The van der Waals surface area contributed by atoms with E-state index in [0.29, 0.717) is 12.0 Å². The summed E-state index contributed by atoms with van der Waals surface area (Å²) in [6.45, 7) is 2.51. The molecule has 2 spiro atoms. The summed E-state index contributed by atoms with van der Waals surface area (Å²) in [5, 5.41) is 2.49. The molecule has 2 aromatic rings. The first-order chi connectivity index (χ1) is 15.9. The second kappa shape index (κ2) is 6.67. The molecule has 0 radical (unpaired) electrons. The summed E-state index contributed by atoms with van der Waals surface area (Å²) in [5.41, 5.74) is 5.96. The molecule has 1 saturated heterocycles. The van der Waals surface area contributed by atoms with Crippen LogP contribution in [0.15, 0.2) is 66.0 Å². The third-order valence-corrected chi connectivity index (χ3v) is 9.93. The number of fused-ring (bicyclic) bond motifs is 2. The van der Waals surface area contributed by atoms with Gasteiger partial charge in [-0.05, 0) is 98.8 Å². The Morgan fingerprint density at radius 3 is 2.88 bits per heavy atom. The van der Waals surface area contributed by atoms with Gasteiger partial charge in [0.05, 0.1) is 11.2 Å². The number of hydrogen-bond donors (Lipinski definition) is 0. The third kappa shape index (κ3) is 2.61. The van der Waals surface area contributed by atoms with Crippen molar-refractivity contribution in [3.8, 4) is 0 Å². The summed E-state index contributed by atoms with van der Waals surface area (Å²) in [6.07, 6.45) is 19.7. The summed E-state index contributed by atoms with van der Waals surface area (Å²) in [7, 11) is 4.47. The van der Waals surface area contributed by atoms with Crippen LogP contribution in [-0.2, 0) is 4.74 Å². The van der Waals surface area contributed by atoms with Gasteiger partial charge in [-0.25, -0.2) is 0 Å². The van der Waals surface area contributed by atoms with Crippen molar-refractivity contribution in [2.75, 3.05) is 14.1 Å². The topological polar surface area (TPSA) is 25.4 Å². The maximum absolute atomic E-state index is 7.39. The fraction of sp³-hybridized carbons (Fsp3) is 0.500. The molecule has 170 valence electrons. The molecule has 3 heteroatoms. The minimum atomic E-state index is -0.107. The van der Waals surface area contributed by atoms with E-state index in [2.05, 4.69) is 73.4 Å². The van der Waals surface area contributed by atoms with Crippen molar-refractivity contribution in [3.63, 3.8) is 0 Å². The molecule has 0 N–H and O–H groups in total. The van der Waals surface area contributed by atoms with Crippen LogP contribution >= 0.6 is 0 Å². The molecule has 1 aromatic heterocycles. The van der Waals surface area contributed by atoms with Crippen molar-refractivity contribution in [1.82, 2.24) is 9.88 Å². The van der Waals surface area contributed by atoms with Crippen LogP contribution in [0.1, 0.15) is 57.4 Å². The van der Waals surface area contributed by atoms with E-state index >= 15 is 0 Å². The van der Waals surface area contributed by atoms with Crippen molar-refractivity contribution in [2.45, 2.75) is 69.1 Å². The summed E-state index contributed by atoms with van der Waals surface area (Å²) in [4.78, 5) is 6.71. The second-order valence-electron chi connectivity index (χ2n) is 11.6. The second-order valence-corrected chi connectivity index (χ2v) is 11.6. The molecule has 5 atom stereocenters. The standard InChI is InChI=1S/C30H34N2O/c1-28-12-10-24-17-23-6-7-25(32(2)3)18-29(23)13-14-30(24,33-29)27(28)9-8-26(28)21-4-5-22-19-31-15-11-20(22)16-21/h4-5,8,10-11,15-17,19,25,27H,6-7,9,12-14,18H2,1-3H3/t25-,27-,28-,29-,30?/m1/s1. The Balaban J connectivity index is 1.28. The van der Waals surface area contributed by atoms with Gasteiger partial charge >= 0.3 is 0 Å². The molecular weight excluding hydrogens is 404 g/mol. The Morgan fingerprint density at radius 1 is 1.09 bits per heavy atom. The van der Waals surface area contributed by atoms with Crippen LogP contribution in [0, 0.1) is 11.3 Å². The molecule has 7 rings (SSSR count). The van der Waals surface area contributed by atoms with Gasteiger partial charge in [0.2, 0.25) is 0 Å². The average Bonchev–Trinajstić information content (AvgIpc) is 3.33. The first kappa shape index (κ1) is 20.2. The Morgan fingerprint density at radius 2 is 2.00 bits per heavy atom. The fourth-order valence-electron chi connectivity index (χ4n) is 8.10. The maximum Gasteiger partial charge on any atom is 0.0980 e. The molecule has 1 unspecified atom stereocenters. The van der Waals surface area contributed by atoms with E-state index in [0.717, 1.165) is 19.3 Å². The van der Waals surface area contributed by atoms with Gasteiger partial charge in [0.15, 0.2) is 0 Å². The van der Waals surface area contributed by atoms with Gasteiger partial charge in [-0.3, -0.25) is 4.98 Å². The van der Waals surface area contributed by atoms with E-state index in [4.69, 9.17) is 4.74 Å². The minimum Gasteiger partial charge on any atom is -0.359 e. The molecule has 2 bridgehead atoms. The zero-order valence-corrected chi connectivity index (χ0v) is 20.1. The van der Waals surface area contributed by atoms with Gasteiger partial charge in [0.25, 0.3) is 0 Å². The zero-order chi connectivity index (χ0) is 22.4. The van der Waals surface area contributed by atoms with Gasteiger partial charge in [0.1, 0.15) is 0 Å². The molecule has 1 aromatic carbocycles. The van der Waals surface area contributed by atoms with Gasteiger partial charge in [-0.15, -0.1) is 0 Å². The lowest BCUT2D eigenvalue weighted by atomic mass is 9.58. The molecule has 2 fully saturated rings. The van der Waals surface area contributed by atoms with Gasteiger partial charge in [0, 0.05) is 35.2 Å². The number of benzene rings is 1. The monoisotopic (exact) mass is 438 g/mol. The first-order valence-corrected chi connectivity index (χ1v) is 12.8. The SMILES string of the molecule is CN(C)[C@@H]1CCC2=CC3=CC[C@]4(C)C(c5ccc6cnccc6c5)=CC[C@H]4C34CC[C@]2(C1)O4. The highest BCUT2D eigenvalue weighted by Crippen LogP contribution is 2.67. The molecule has 33 heavy (non-hydrogen) atoms. The van der Waals surface area contributed by atoms with Crippen molar-refractivity contribution in [3.05, 3.63) is 71.6 Å². The Kier molecular flexibility index (Phi) is 4.08. The number of hydrogen-bond acceptors (Lipinski definition) is 3. The molecule has 3 nitrogen and oxygen atoms in total. The van der Waals surface area contributed by atoms with Crippen molar-refractivity contribution in [1.29, 1.82) is 0 Å². The predicted molar refractivity (Wildman–Crippen MR) is 134 cm³/mol. The quantitative estimate of drug-likeness (QED) is 0.549. The predicted octanol–water partition coefficient (Wildman–Crippen LogP) is 6.32. The number of allylic oxidation sites excluding steroid dienone is 3. The fourth-order valence-corrected chi connectivity index (χ4v) is 8.10. The highest BCUT2D eigenvalue weighted by molar-refractivity contribution is 5.87. The van der Waals surface area contributed by atoms with Crippen molar-refractivity contribution < 1.29 is 4.74 Å². The van der Waals surface area contributed by atoms with E-state index in [-0.39, 0.29) is 16.6 Å². The van der Waals surface area contributed by atoms with Crippen molar-refractivity contribution in [2.24, 2.45) is 11.3 Å². The van der Waals surface area contributed by atoms with E-state index in [1.165, 1.54) is 53.2 Å². The third-order valence-electron chi connectivity index (χ3n) is 9.93. The van der Waals surface area contributed by atoms with Crippen LogP contribution in [0.5, 0.6) is 0 Å². The van der Waals surface area contributed by atoms with Crippen LogP contribution < -0.4 is 0 Å². The molecule has 1 saturated carbocycles. The molecule has 2 aliphatic heterocycles. The van der Waals surface area contributed by atoms with Crippen LogP contribution in [0.4, 0.5) is 0 Å². The summed E-state index contributed by atoms with van der Waals surface area (Å²) < 4.78 is 7.39. The van der Waals surface area contributed by atoms with E-state index in [1.54, 1.807) is 5.57 Å². The summed E-state index contributed by atoms with van der Waals surface area (Å²) in [5.74, 6) is 0.519. The van der Waals surface area contributed by atoms with Crippen LogP contribution in [0.25, 0.3) is 16.3 Å². The largest absolute Gasteiger partial charge is 0.359 e. The number of pyridine rings is 1. The van der Waals surface area contributed by atoms with E-state index in [1.807, 2.05) is 12.4 Å². The Labute approximate surface area is 197 Å². The Hall–Kier alpha value is -2.23. The first-order valence-electron chi connectivity index (χ1n) is 12.8. The normalized spacial score (nSPS) is 39.0. The molecular formula is C30H34N2O. The highest BCUT2D eigenvalue weighted by Gasteiger charge is 2.65. The van der Waals surface area contributed by atoms with Crippen LogP contribution in [-0.4, -0.2) is 41.2 Å². The zero-order valence-electron chi connectivity index (χ0n) is 20.1. The highest BCUT2D eigenvalue weighted by atomic mass is 16.5. The molecule has 3 aliphatic carbocycles. The number of aromatic nitrogens is 1. The number of rotatable bonds is 2. The van der Waals surface area contributed by atoms with Crippen molar-refractivity contribution >= 4 is 16.3 Å². The van der Waals surface area contributed by atoms with Gasteiger partial charge < -0.3 is 9.64 Å². The van der Waals surface area contributed by atoms with Gasteiger partial charge in [-0.1, -0.05) is 37.3 Å².